The fourth-order valence-electron chi connectivity index (χ4n) is 3.26. The van der Waals surface area contributed by atoms with E-state index in [1.54, 1.807) is 6.07 Å². The van der Waals surface area contributed by atoms with Crippen molar-refractivity contribution in [2.75, 3.05) is 23.8 Å². The molecule has 2 N–H and O–H groups in total. The van der Waals surface area contributed by atoms with E-state index in [0.717, 1.165) is 36.5 Å². The van der Waals surface area contributed by atoms with Gasteiger partial charge in [0.15, 0.2) is 0 Å². The lowest BCUT2D eigenvalue weighted by molar-refractivity contribution is 0.0673. The summed E-state index contributed by atoms with van der Waals surface area (Å²) in [4.78, 5) is 12.8. The zero-order valence-electron chi connectivity index (χ0n) is 16.1. The Labute approximate surface area is 170 Å². The summed E-state index contributed by atoms with van der Waals surface area (Å²) in [6.07, 6.45) is 2.17. The van der Waals surface area contributed by atoms with Crippen molar-refractivity contribution in [3.05, 3.63) is 84.4 Å². The maximum Gasteiger partial charge on any atom is 0.259 e. The summed E-state index contributed by atoms with van der Waals surface area (Å²) in [5, 5.41) is 6.26. The first-order valence-corrected chi connectivity index (χ1v) is 9.85. The summed E-state index contributed by atoms with van der Waals surface area (Å²) in [6, 6.07) is 24.8. The van der Waals surface area contributed by atoms with Gasteiger partial charge in [0.1, 0.15) is 12.4 Å². The molecule has 5 nitrogen and oxygen atoms in total. The standard InChI is InChI=1S/C24H24N2O3/c27-24(22-10-4-5-11-23(22)29-17-21-9-6-16-28-21)26-20-14-12-19(13-15-20)25-18-7-2-1-3-8-18/h1-5,7-8,10-15,21,25H,6,9,16-17H2,(H,26,27). The zero-order valence-corrected chi connectivity index (χ0v) is 16.1. The first kappa shape index (κ1) is 19.0. The van der Waals surface area contributed by atoms with Crippen LogP contribution in [0.5, 0.6) is 5.75 Å². The molecular formula is C24H24N2O3. The molecule has 4 rings (SSSR count). The second-order valence-electron chi connectivity index (χ2n) is 6.96. The van der Waals surface area contributed by atoms with E-state index in [2.05, 4.69) is 10.6 Å². The predicted octanol–water partition coefficient (Wildman–Crippen LogP) is 5.24. The minimum absolute atomic E-state index is 0.107. The van der Waals surface area contributed by atoms with Crippen molar-refractivity contribution in [2.45, 2.75) is 18.9 Å². The van der Waals surface area contributed by atoms with Gasteiger partial charge in [0, 0.05) is 23.7 Å². The number of nitrogens with one attached hydrogen (secondary N) is 2. The van der Waals surface area contributed by atoms with E-state index in [4.69, 9.17) is 9.47 Å². The Morgan fingerprint density at radius 1 is 0.897 bits per heavy atom. The Morgan fingerprint density at radius 3 is 2.34 bits per heavy atom. The molecule has 0 aromatic heterocycles. The minimum atomic E-state index is -0.197. The third-order valence-electron chi connectivity index (χ3n) is 4.79. The summed E-state index contributed by atoms with van der Waals surface area (Å²) in [7, 11) is 0. The average Bonchev–Trinajstić information content (AvgIpc) is 3.28. The summed E-state index contributed by atoms with van der Waals surface area (Å²) in [5.41, 5.74) is 3.20. The number of para-hydroxylation sites is 2. The highest BCUT2D eigenvalue weighted by atomic mass is 16.5. The summed E-state index contributed by atoms with van der Waals surface area (Å²) in [6.45, 7) is 1.25. The lowest BCUT2D eigenvalue weighted by Gasteiger charge is -2.14. The third kappa shape index (κ3) is 5.15. The normalized spacial score (nSPS) is 15.7. The molecule has 1 unspecified atom stereocenters. The Hall–Kier alpha value is -3.31. The van der Waals surface area contributed by atoms with Gasteiger partial charge in [-0.3, -0.25) is 4.79 Å². The van der Waals surface area contributed by atoms with Gasteiger partial charge in [0.25, 0.3) is 5.91 Å². The van der Waals surface area contributed by atoms with Gasteiger partial charge in [-0.25, -0.2) is 0 Å². The van der Waals surface area contributed by atoms with Crippen molar-refractivity contribution < 1.29 is 14.3 Å². The van der Waals surface area contributed by atoms with Crippen molar-refractivity contribution in [1.29, 1.82) is 0 Å². The van der Waals surface area contributed by atoms with Crippen LogP contribution in [0.1, 0.15) is 23.2 Å². The van der Waals surface area contributed by atoms with Crippen LogP contribution < -0.4 is 15.4 Å². The molecule has 1 amide bonds. The zero-order chi connectivity index (χ0) is 19.9. The van der Waals surface area contributed by atoms with Crippen LogP contribution in [0.4, 0.5) is 17.1 Å². The van der Waals surface area contributed by atoms with E-state index in [0.29, 0.717) is 17.9 Å². The Balaban J connectivity index is 1.38. The van der Waals surface area contributed by atoms with Crippen molar-refractivity contribution in [3.63, 3.8) is 0 Å². The van der Waals surface area contributed by atoms with Crippen LogP contribution in [0.15, 0.2) is 78.9 Å². The van der Waals surface area contributed by atoms with E-state index in [1.165, 1.54) is 0 Å². The van der Waals surface area contributed by atoms with Crippen molar-refractivity contribution in [3.8, 4) is 5.75 Å². The number of rotatable bonds is 7. The van der Waals surface area contributed by atoms with Gasteiger partial charge >= 0.3 is 0 Å². The molecule has 1 heterocycles. The van der Waals surface area contributed by atoms with Gasteiger partial charge in [0.05, 0.1) is 11.7 Å². The number of hydrogen-bond acceptors (Lipinski definition) is 4. The number of amides is 1. The van der Waals surface area contributed by atoms with E-state index >= 15 is 0 Å². The number of carbonyl (C=O) groups is 1. The average molecular weight is 388 g/mol. The van der Waals surface area contributed by atoms with Crippen LogP contribution in [0.2, 0.25) is 0 Å². The fraction of sp³-hybridized carbons (Fsp3) is 0.208. The molecule has 1 atom stereocenters. The maximum absolute atomic E-state index is 12.8. The highest BCUT2D eigenvalue weighted by molar-refractivity contribution is 6.06. The molecule has 1 aliphatic heterocycles. The number of hydrogen-bond donors (Lipinski definition) is 2. The van der Waals surface area contributed by atoms with Crippen LogP contribution in [0, 0.1) is 0 Å². The Morgan fingerprint density at radius 2 is 1.59 bits per heavy atom. The molecular weight excluding hydrogens is 364 g/mol. The van der Waals surface area contributed by atoms with Crippen molar-refractivity contribution in [1.82, 2.24) is 0 Å². The number of benzene rings is 3. The van der Waals surface area contributed by atoms with Gasteiger partial charge in [-0.15, -0.1) is 0 Å². The van der Waals surface area contributed by atoms with E-state index in [1.807, 2.05) is 72.8 Å². The molecule has 1 fully saturated rings. The van der Waals surface area contributed by atoms with Crippen molar-refractivity contribution >= 4 is 23.0 Å². The lowest BCUT2D eigenvalue weighted by atomic mass is 10.1. The molecule has 0 saturated carbocycles. The predicted molar refractivity (Wildman–Crippen MR) is 115 cm³/mol. The summed E-state index contributed by atoms with van der Waals surface area (Å²) in [5.74, 6) is 0.375. The van der Waals surface area contributed by atoms with Gasteiger partial charge < -0.3 is 20.1 Å². The number of carbonyl (C=O) groups excluding carboxylic acids is 1. The van der Waals surface area contributed by atoms with Gasteiger partial charge in [-0.2, -0.15) is 0 Å². The van der Waals surface area contributed by atoms with Gasteiger partial charge in [-0.05, 0) is 61.4 Å². The highest BCUT2D eigenvalue weighted by Gasteiger charge is 2.18. The third-order valence-corrected chi connectivity index (χ3v) is 4.79. The van der Waals surface area contributed by atoms with Crippen LogP contribution in [0.3, 0.4) is 0 Å². The minimum Gasteiger partial charge on any atom is -0.490 e. The highest BCUT2D eigenvalue weighted by Crippen LogP contribution is 2.23. The molecule has 3 aromatic rings. The molecule has 1 aliphatic rings. The van der Waals surface area contributed by atoms with Gasteiger partial charge in [0.2, 0.25) is 0 Å². The van der Waals surface area contributed by atoms with Crippen LogP contribution in [0.25, 0.3) is 0 Å². The topological polar surface area (TPSA) is 59.6 Å². The quantitative estimate of drug-likeness (QED) is 0.581. The second kappa shape index (κ2) is 9.26. The Kier molecular flexibility index (Phi) is 6.07. The van der Waals surface area contributed by atoms with Crippen LogP contribution in [-0.2, 0) is 4.74 Å². The smallest absolute Gasteiger partial charge is 0.259 e. The molecule has 148 valence electrons. The molecule has 0 bridgehead atoms. The van der Waals surface area contributed by atoms with E-state index < -0.39 is 0 Å². The molecule has 0 spiro atoms. The molecule has 29 heavy (non-hydrogen) atoms. The van der Waals surface area contributed by atoms with Crippen LogP contribution >= 0.6 is 0 Å². The first-order valence-electron chi connectivity index (χ1n) is 9.85. The summed E-state index contributed by atoms with van der Waals surface area (Å²) >= 11 is 0. The Bertz CT molecular complexity index is 936. The van der Waals surface area contributed by atoms with Crippen LogP contribution in [-0.4, -0.2) is 25.2 Å². The van der Waals surface area contributed by atoms with Gasteiger partial charge in [-0.1, -0.05) is 30.3 Å². The maximum atomic E-state index is 12.8. The largest absolute Gasteiger partial charge is 0.490 e. The number of anilines is 3. The monoisotopic (exact) mass is 388 g/mol. The fourth-order valence-corrected chi connectivity index (χ4v) is 3.26. The first-order chi connectivity index (χ1) is 14.3. The number of ether oxygens (including phenoxy) is 2. The SMILES string of the molecule is O=C(Nc1ccc(Nc2ccccc2)cc1)c1ccccc1OCC1CCCO1. The molecule has 0 radical (unpaired) electrons. The molecule has 0 aliphatic carbocycles. The second-order valence-corrected chi connectivity index (χ2v) is 6.96. The van der Waals surface area contributed by atoms with Crippen molar-refractivity contribution in [2.24, 2.45) is 0 Å². The molecule has 3 aromatic carbocycles. The molecule has 1 saturated heterocycles. The van der Waals surface area contributed by atoms with E-state index in [-0.39, 0.29) is 12.0 Å². The molecule has 5 heteroatoms. The lowest BCUT2D eigenvalue weighted by Crippen LogP contribution is -2.19. The van der Waals surface area contributed by atoms with E-state index in [9.17, 15) is 4.79 Å². The summed E-state index contributed by atoms with van der Waals surface area (Å²) < 4.78 is 11.5.